The van der Waals surface area contributed by atoms with Crippen LogP contribution in [-0.4, -0.2) is 55.2 Å². The lowest BCUT2D eigenvalue weighted by Gasteiger charge is -2.27. The van der Waals surface area contributed by atoms with Crippen molar-refractivity contribution in [1.82, 2.24) is 0 Å². The molecule has 2 heterocycles. The van der Waals surface area contributed by atoms with Gasteiger partial charge in [0.2, 0.25) is 0 Å². The number of nitrogens with two attached hydrogens (primary N) is 1. The summed E-state index contributed by atoms with van der Waals surface area (Å²) in [6.45, 7) is 7.46. The fraction of sp³-hybridized carbons (Fsp3) is 0.452. The molecular formula is C31H39NO8. The second kappa shape index (κ2) is 13.0. The number of rotatable bonds is 5. The van der Waals surface area contributed by atoms with Gasteiger partial charge in [-0.25, -0.2) is 4.79 Å². The third-order valence-electron chi connectivity index (χ3n) is 6.93. The molecule has 0 bridgehead atoms. The Morgan fingerprint density at radius 3 is 2.60 bits per heavy atom. The Balaban J connectivity index is 1.72. The molecule has 216 valence electrons. The highest BCUT2D eigenvalue weighted by atomic mass is 16.8. The van der Waals surface area contributed by atoms with Gasteiger partial charge in [0, 0.05) is 24.8 Å². The molecule has 1 saturated heterocycles. The number of ether oxygens (including phenoxy) is 6. The maximum Gasteiger partial charge on any atom is 0.338 e. The standard InChI is InChI=1S/C31H39NO8/c1-19-14-15-24(38-29(33)21-10-7-6-8-11-21)28-25(39-31(3,4)40-28)13-9-12-22-16-23(32)17-26(36-18-35-5)27(22)30(34)37-20(19)2/h6-12,14-17,19-20,24-25,28,30,34H,13,18,32H2,1-5H3/b12-9?,15-14-/t19-,20+,24?,25+,28?,30+/m1/s1. The molecule has 9 nitrogen and oxygen atoms in total. The zero-order chi connectivity index (χ0) is 28.9. The molecule has 0 aromatic heterocycles. The SMILES string of the molecule is COCOc1cc(N)cc2c1[C@@H](O)O[C@@H](C)[C@H](C)/C=C\C(OC(=O)c1ccccc1)C1OC(C)(C)O[C@H]1CC=C2. The molecule has 4 rings (SSSR count). The van der Waals surface area contributed by atoms with Gasteiger partial charge in [0.15, 0.2) is 18.9 Å². The van der Waals surface area contributed by atoms with Crippen LogP contribution in [0.2, 0.25) is 0 Å². The minimum Gasteiger partial charge on any atom is -0.467 e. The summed E-state index contributed by atoms with van der Waals surface area (Å²) >= 11 is 0. The van der Waals surface area contributed by atoms with Gasteiger partial charge in [0.05, 0.1) is 23.3 Å². The molecule has 0 spiro atoms. The number of aliphatic hydroxyl groups excluding tert-OH is 1. The summed E-state index contributed by atoms with van der Waals surface area (Å²) < 4.78 is 35.4. The molecule has 0 saturated carbocycles. The van der Waals surface area contributed by atoms with Crippen LogP contribution in [0.15, 0.2) is 60.7 Å². The van der Waals surface area contributed by atoms with Crippen molar-refractivity contribution in [2.45, 2.75) is 70.6 Å². The predicted molar refractivity (Wildman–Crippen MR) is 150 cm³/mol. The van der Waals surface area contributed by atoms with Gasteiger partial charge < -0.3 is 39.3 Å². The monoisotopic (exact) mass is 553 g/mol. The number of methoxy groups -OCH3 is 1. The van der Waals surface area contributed by atoms with Crippen molar-refractivity contribution < 1.29 is 38.3 Å². The van der Waals surface area contributed by atoms with E-state index in [2.05, 4.69) is 0 Å². The molecule has 2 unspecified atom stereocenters. The van der Waals surface area contributed by atoms with E-state index in [1.807, 2.05) is 58.1 Å². The van der Waals surface area contributed by atoms with Crippen LogP contribution in [0, 0.1) is 5.92 Å². The Morgan fingerprint density at radius 1 is 1.12 bits per heavy atom. The van der Waals surface area contributed by atoms with Crippen molar-refractivity contribution in [3.63, 3.8) is 0 Å². The number of carbonyl (C=O) groups excluding carboxylic acids is 1. The fourth-order valence-electron chi connectivity index (χ4n) is 4.79. The maximum atomic E-state index is 13.0. The van der Waals surface area contributed by atoms with Crippen molar-refractivity contribution in [3.8, 4) is 5.75 Å². The summed E-state index contributed by atoms with van der Waals surface area (Å²) in [5.74, 6) is -1.15. The minimum absolute atomic E-state index is 0.0197. The lowest BCUT2D eigenvalue weighted by Crippen LogP contribution is -2.37. The van der Waals surface area contributed by atoms with Crippen LogP contribution in [0.25, 0.3) is 6.08 Å². The van der Waals surface area contributed by atoms with Crippen molar-refractivity contribution in [2.24, 2.45) is 5.92 Å². The topological polar surface area (TPSA) is 119 Å². The third-order valence-corrected chi connectivity index (χ3v) is 6.93. The molecule has 1 fully saturated rings. The second-order valence-corrected chi connectivity index (χ2v) is 10.5. The van der Waals surface area contributed by atoms with E-state index >= 15 is 0 Å². The number of benzene rings is 2. The zero-order valence-corrected chi connectivity index (χ0v) is 23.6. The summed E-state index contributed by atoms with van der Waals surface area (Å²) in [6.07, 6.45) is 4.46. The van der Waals surface area contributed by atoms with Gasteiger partial charge in [-0.3, -0.25) is 0 Å². The van der Waals surface area contributed by atoms with Crippen LogP contribution in [-0.2, 0) is 23.7 Å². The Bertz CT molecular complexity index is 1210. The van der Waals surface area contributed by atoms with E-state index < -0.39 is 42.5 Å². The number of hydrogen-bond donors (Lipinski definition) is 2. The minimum atomic E-state index is -1.30. The largest absolute Gasteiger partial charge is 0.467 e. The molecule has 0 amide bonds. The van der Waals surface area contributed by atoms with Crippen LogP contribution >= 0.6 is 0 Å². The lowest BCUT2D eigenvalue weighted by molar-refractivity contribution is -0.153. The first-order valence-electron chi connectivity index (χ1n) is 13.4. The zero-order valence-electron chi connectivity index (χ0n) is 23.6. The highest BCUT2D eigenvalue weighted by Crippen LogP contribution is 2.37. The molecule has 0 radical (unpaired) electrons. The average molecular weight is 554 g/mol. The van der Waals surface area contributed by atoms with Gasteiger partial charge >= 0.3 is 5.97 Å². The highest BCUT2D eigenvalue weighted by Gasteiger charge is 2.45. The van der Waals surface area contributed by atoms with E-state index in [-0.39, 0.29) is 12.7 Å². The number of anilines is 1. The molecule has 6 atom stereocenters. The van der Waals surface area contributed by atoms with Crippen molar-refractivity contribution >= 4 is 17.7 Å². The highest BCUT2D eigenvalue weighted by molar-refractivity contribution is 5.89. The van der Waals surface area contributed by atoms with Crippen LogP contribution in [0.1, 0.15) is 61.9 Å². The predicted octanol–water partition coefficient (Wildman–Crippen LogP) is 5.00. The third kappa shape index (κ3) is 7.30. The van der Waals surface area contributed by atoms with Crippen LogP contribution in [0.3, 0.4) is 0 Å². The lowest BCUT2D eigenvalue weighted by atomic mass is 9.98. The Morgan fingerprint density at radius 2 is 1.88 bits per heavy atom. The average Bonchev–Trinajstić information content (AvgIpc) is 3.22. The molecule has 9 heteroatoms. The summed E-state index contributed by atoms with van der Waals surface area (Å²) in [6, 6.07) is 12.2. The molecule has 2 aliphatic heterocycles. The van der Waals surface area contributed by atoms with Gasteiger partial charge in [-0.15, -0.1) is 0 Å². The number of nitrogen functional groups attached to an aromatic ring is 1. The molecule has 3 N–H and O–H groups in total. The van der Waals surface area contributed by atoms with Gasteiger partial charge in [0.25, 0.3) is 0 Å². The molecule has 2 aliphatic rings. The Labute approximate surface area is 235 Å². The van der Waals surface area contributed by atoms with Gasteiger partial charge in [-0.2, -0.15) is 0 Å². The van der Waals surface area contributed by atoms with Gasteiger partial charge in [-0.05, 0) is 57.0 Å². The summed E-state index contributed by atoms with van der Waals surface area (Å²) in [5.41, 5.74) is 8.14. The van der Waals surface area contributed by atoms with Crippen molar-refractivity contribution in [2.75, 3.05) is 19.6 Å². The van der Waals surface area contributed by atoms with E-state index in [0.717, 1.165) is 0 Å². The molecular weight excluding hydrogens is 514 g/mol. The van der Waals surface area contributed by atoms with Crippen molar-refractivity contribution in [3.05, 3.63) is 77.4 Å². The van der Waals surface area contributed by atoms with Gasteiger partial charge in [-0.1, -0.05) is 43.4 Å². The second-order valence-electron chi connectivity index (χ2n) is 10.5. The van der Waals surface area contributed by atoms with E-state index in [9.17, 15) is 9.90 Å². The van der Waals surface area contributed by atoms with Gasteiger partial charge in [0.1, 0.15) is 18.0 Å². The van der Waals surface area contributed by atoms with E-state index in [1.165, 1.54) is 7.11 Å². The first-order valence-corrected chi connectivity index (χ1v) is 13.4. The van der Waals surface area contributed by atoms with Crippen LogP contribution in [0.4, 0.5) is 5.69 Å². The normalized spacial score (nSPS) is 29.1. The van der Waals surface area contributed by atoms with E-state index in [0.29, 0.717) is 34.5 Å². The quantitative estimate of drug-likeness (QED) is 0.228. The number of fused-ring (bicyclic) bond motifs is 2. The molecule has 2 aromatic rings. The van der Waals surface area contributed by atoms with Crippen LogP contribution < -0.4 is 10.5 Å². The first kappa shape index (κ1) is 29.8. The van der Waals surface area contributed by atoms with Crippen LogP contribution in [0.5, 0.6) is 5.75 Å². The van der Waals surface area contributed by atoms with E-state index in [4.69, 9.17) is 34.2 Å². The summed E-state index contributed by atoms with van der Waals surface area (Å²) in [7, 11) is 1.51. The van der Waals surface area contributed by atoms with Crippen molar-refractivity contribution in [1.29, 1.82) is 0 Å². The molecule has 0 aliphatic carbocycles. The number of aliphatic hydroxyl groups is 1. The number of carbonyl (C=O) groups is 1. The number of hydrogen-bond acceptors (Lipinski definition) is 9. The van der Waals surface area contributed by atoms with E-state index in [1.54, 1.807) is 36.4 Å². The smallest absolute Gasteiger partial charge is 0.338 e. The Kier molecular flexibility index (Phi) is 9.65. The summed E-state index contributed by atoms with van der Waals surface area (Å²) in [4.78, 5) is 13.0. The number of esters is 1. The Hall–Kier alpha value is -3.21. The molecule has 2 aromatic carbocycles. The summed E-state index contributed by atoms with van der Waals surface area (Å²) in [5, 5.41) is 11.2. The fourth-order valence-corrected chi connectivity index (χ4v) is 4.79. The maximum absolute atomic E-state index is 13.0. The molecule has 40 heavy (non-hydrogen) atoms. The first-order chi connectivity index (χ1) is 19.1.